The maximum atomic E-state index is 13.4. The van der Waals surface area contributed by atoms with E-state index in [4.69, 9.17) is 33.3 Å². The normalized spacial score (nSPS) is 20.9. The summed E-state index contributed by atoms with van der Waals surface area (Å²) in [5, 5.41) is 12.4. The molecule has 2 aromatic rings. The molecule has 1 atom stereocenters. The van der Waals surface area contributed by atoms with Gasteiger partial charge in [0, 0.05) is 48.9 Å². The molecule has 2 aliphatic rings. The van der Waals surface area contributed by atoms with Crippen molar-refractivity contribution in [3.05, 3.63) is 74.9 Å². The van der Waals surface area contributed by atoms with Crippen molar-refractivity contribution in [2.75, 3.05) is 26.7 Å². The summed E-state index contributed by atoms with van der Waals surface area (Å²) >= 11 is 12.1. The lowest BCUT2D eigenvalue weighted by atomic mass is 9.93. The third-order valence-electron chi connectivity index (χ3n) is 6.17. The van der Waals surface area contributed by atoms with E-state index in [0.717, 1.165) is 11.3 Å². The molecule has 2 amide bonds. The van der Waals surface area contributed by atoms with E-state index >= 15 is 0 Å². The number of amides is 2. The highest BCUT2D eigenvalue weighted by molar-refractivity contribution is 6.42. The molecule has 34 heavy (non-hydrogen) atoms. The van der Waals surface area contributed by atoms with Crippen LogP contribution in [0, 0.1) is 5.41 Å². The number of nitrogens with zero attached hydrogens (tertiary/aromatic N) is 2. The average Bonchev–Trinajstić information content (AvgIpc) is 2.83. The van der Waals surface area contributed by atoms with E-state index in [2.05, 4.69) is 5.32 Å². The van der Waals surface area contributed by atoms with Gasteiger partial charge in [-0.2, -0.15) is 0 Å². The third kappa shape index (κ3) is 4.91. The quantitative estimate of drug-likeness (QED) is 0.617. The monoisotopic (exact) mass is 500 g/mol. The highest BCUT2D eigenvalue weighted by Crippen LogP contribution is 2.27. The zero-order valence-electron chi connectivity index (χ0n) is 19.0. The molecule has 9 heteroatoms. The van der Waals surface area contributed by atoms with Gasteiger partial charge >= 0.3 is 0 Å². The standard InChI is InChI=1S/C25H26Cl2N4O3/c1-15-11-22(28)19(14-31(15)24(32)17-5-8-20(26)21(27)12-17)23-25(33)30(10-9-29-23)13-16-3-6-18(34-2)7-4-16/h3-8,12,15,28-29H,9-11,13-14H2,1-2H3/b23-19-,28-22?/t15-/m0/s1. The summed E-state index contributed by atoms with van der Waals surface area (Å²) in [6.45, 7) is 3.65. The van der Waals surface area contributed by atoms with Crippen LogP contribution >= 0.6 is 23.2 Å². The van der Waals surface area contributed by atoms with Gasteiger partial charge in [-0.1, -0.05) is 35.3 Å². The number of methoxy groups -OCH3 is 1. The lowest BCUT2D eigenvalue weighted by Gasteiger charge is -2.38. The fourth-order valence-corrected chi connectivity index (χ4v) is 4.53. The Balaban J connectivity index is 1.57. The minimum atomic E-state index is -0.213. The maximum Gasteiger partial charge on any atom is 0.270 e. The average molecular weight is 501 g/mol. The number of carbonyl (C=O) groups excluding carboxylic acids is 2. The molecule has 2 aliphatic heterocycles. The Morgan fingerprint density at radius 1 is 1.18 bits per heavy atom. The van der Waals surface area contributed by atoms with Gasteiger partial charge in [0.25, 0.3) is 11.8 Å². The summed E-state index contributed by atoms with van der Waals surface area (Å²) in [5.74, 6) is 0.378. The lowest BCUT2D eigenvalue weighted by molar-refractivity contribution is -0.129. The highest BCUT2D eigenvalue weighted by atomic mass is 35.5. The Morgan fingerprint density at radius 3 is 2.59 bits per heavy atom. The topological polar surface area (TPSA) is 85.7 Å². The molecule has 2 aromatic carbocycles. The van der Waals surface area contributed by atoms with Crippen LogP contribution < -0.4 is 10.1 Å². The summed E-state index contributed by atoms with van der Waals surface area (Å²) in [7, 11) is 1.61. The number of piperidine rings is 1. The maximum absolute atomic E-state index is 13.4. The van der Waals surface area contributed by atoms with Crippen molar-refractivity contribution in [1.29, 1.82) is 5.41 Å². The summed E-state index contributed by atoms with van der Waals surface area (Å²) in [6, 6.07) is 12.2. The van der Waals surface area contributed by atoms with Crippen LogP contribution in [0.5, 0.6) is 5.75 Å². The molecule has 2 fully saturated rings. The fraction of sp³-hybridized carbons (Fsp3) is 0.320. The lowest BCUT2D eigenvalue weighted by Crippen LogP contribution is -2.51. The number of hydrogen-bond acceptors (Lipinski definition) is 5. The molecular weight excluding hydrogens is 475 g/mol. The van der Waals surface area contributed by atoms with Gasteiger partial charge in [0.1, 0.15) is 11.4 Å². The van der Waals surface area contributed by atoms with E-state index in [1.807, 2.05) is 31.2 Å². The van der Waals surface area contributed by atoms with Crippen molar-refractivity contribution >= 4 is 40.7 Å². The molecule has 2 heterocycles. The Kier molecular flexibility index (Phi) is 7.14. The molecule has 0 saturated carbocycles. The number of hydrogen-bond donors (Lipinski definition) is 2. The van der Waals surface area contributed by atoms with E-state index in [1.54, 1.807) is 35.1 Å². The number of benzene rings is 2. The number of halogens is 2. The third-order valence-corrected chi connectivity index (χ3v) is 6.91. The Bertz CT molecular complexity index is 1160. The summed E-state index contributed by atoms with van der Waals surface area (Å²) in [4.78, 5) is 30.0. The molecule has 4 rings (SSSR count). The SMILES string of the molecule is COc1ccc(CN2CCN/C(=C3/CN(C(=O)c4ccc(Cl)c(Cl)c4)[C@@H](C)CC3=N)C2=O)cc1. The number of piperazine rings is 1. The molecule has 7 nitrogen and oxygen atoms in total. The van der Waals surface area contributed by atoms with Gasteiger partial charge in [-0.05, 0) is 42.8 Å². The van der Waals surface area contributed by atoms with Crippen molar-refractivity contribution in [2.24, 2.45) is 0 Å². The van der Waals surface area contributed by atoms with Gasteiger partial charge in [-0.3, -0.25) is 9.59 Å². The smallest absolute Gasteiger partial charge is 0.270 e. The van der Waals surface area contributed by atoms with Crippen molar-refractivity contribution in [1.82, 2.24) is 15.1 Å². The van der Waals surface area contributed by atoms with Crippen LogP contribution in [-0.2, 0) is 11.3 Å². The Morgan fingerprint density at radius 2 is 1.91 bits per heavy atom. The first-order valence-corrected chi connectivity index (χ1v) is 11.8. The largest absolute Gasteiger partial charge is 0.497 e. The van der Waals surface area contributed by atoms with Gasteiger partial charge in [0.05, 0.1) is 23.7 Å². The molecule has 0 radical (unpaired) electrons. The number of nitrogens with one attached hydrogen (secondary N) is 2. The van der Waals surface area contributed by atoms with Crippen molar-refractivity contribution in [2.45, 2.75) is 25.9 Å². The predicted octanol–water partition coefficient (Wildman–Crippen LogP) is 4.14. The number of likely N-dealkylation sites (tertiary alicyclic amines) is 1. The number of carbonyl (C=O) groups is 2. The first-order valence-electron chi connectivity index (χ1n) is 11.0. The van der Waals surface area contributed by atoms with Crippen LogP contribution in [0.1, 0.15) is 29.3 Å². The predicted molar refractivity (Wildman–Crippen MR) is 133 cm³/mol. The van der Waals surface area contributed by atoms with Crippen LogP contribution in [0.15, 0.2) is 53.7 Å². The number of ether oxygens (including phenoxy) is 1. The summed E-state index contributed by atoms with van der Waals surface area (Å²) in [6.07, 6.45) is 0.360. The molecule has 0 aliphatic carbocycles. The zero-order chi connectivity index (χ0) is 24.4. The minimum Gasteiger partial charge on any atom is -0.497 e. The second-order valence-corrected chi connectivity index (χ2v) is 9.26. The number of rotatable bonds is 4. The molecule has 0 spiro atoms. The van der Waals surface area contributed by atoms with Crippen molar-refractivity contribution in [3.63, 3.8) is 0 Å². The van der Waals surface area contributed by atoms with Crippen LogP contribution in [0.2, 0.25) is 10.0 Å². The van der Waals surface area contributed by atoms with Gasteiger partial charge in [0.15, 0.2) is 0 Å². The van der Waals surface area contributed by atoms with Crippen LogP contribution in [0.4, 0.5) is 0 Å². The van der Waals surface area contributed by atoms with Crippen LogP contribution in [-0.4, -0.2) is 60.1 Å². The van der Waals surface area contributed by atoms with Crippen molar-refractivity contribution in [3.8, 4) is 5.75 Å². The molecule has 0 unspecified atom stereocenters. The fourth-order valence-electron chi connectivity index (χ4n) is 4.24. The summed E-state index contributed by atoms with van der Waals surface area (Å²) in [5.41, 5.74) is 2.72. The van der Waals surface area contributed by atoms with Gasteiger partial charge in [-0.15, -0.1) is 0 Å². The van der Waals surface area contributed by atoms with Gasteiger partial charge in [-0.25, -0.2) is 0 Å². The highest BCUT2D eigenvalue weighted by Gasteiger charge is 2.35. The van der Waals surface area contributed by atoms with Gasteiger partial charge in [0.2, 0.25) is 0 Å². The Labute approximate surface area is 208 Å². The second-order valence-electron chi connectivity index (χ2n) is 8.45. The minimum absolute atomic E-state index is 0.168. The molecular formula is C25H26Cl2N4O3. The first kappa shape index (κ1) is 24.1. The van der Waals surface area contributed by atoms with E-state index in [1.165, 1.54) is 0 Å². The molecule has 0 bridgehead atoms. The van der Waals surface area contributed by atoms with Gasteiger partial charge < -0.3 is 25.3 Å². The van der Waals surface area contributed by atoms with E-state index in [9.17, 15) is 9.59 Å². The van der Waals surface area contributed by atoms with Crippen molar-refractivity contribution < 1.29 is 14.3 Å². The van der Waals surface area contributed by atoms with E-state index in [-0.39, 0.29) is 24.4 Å². The molecule has 0 aromatic heterocycles. The van der Waals surface area contributed by atoms with Crippen LogP contribution in [0.3, 0.4) is 0 Å². The van der Waals surface area contributed by atoms with E-state index < -0.39 is 0 Å². The molecule has 2 saturated heterocycles. The Hall–Kier alpha value is -3.03. The molecule has 178 valence electrons. The van der Waals surface area contributed by atoms with Crippen LogP contribution in [0.25, 0.3) is 0 Å². The first-order chi connectivity index (χ1) is 16.3. The van der Waals surface area contributed by atoms with E-state index in [0.29, 0.717) is 58.6 Å². The second kappa shape index (κ2) is 10.1. The zero-order valence-corrected chi connectivity index (χ0v) is 20.5. The molecule has 2 N–H and O–H groups in total. The summed E-state index contributed by atoms with van der Waals surface area (Å²) < 4.78 is 5.20.